The number of carbonyl (C=O) groups is 3. The summed E-state index contributed by atoms with van der Waals surface area (Å²) in [7, 11) is 0. The van der Waals surface area contributed by atoms with E-state index < -0.39 is 35.9 Å². The number of urea groups is 1. The lowest BCUT2D eigenvalue weighted by molar-refractivity contribution is -0.153. The quantitative estimate of drug-likeness (QED) is 0.612. The van der Waals surface area contributed by atoms with Crippen LogP contribution in [0.2, 0.25) is 5.02 Å². The molecule has 0 spiro atoms. The number of hydrogen-bond acceptors (Lipinski definition) is 4. The maximum atomic E-state index is 12.9. The van der Waals surface area contributed by atoms with Crippen LogP contribution in [0.25, 0.3) is 0 Å². The van der Waals surface area contributed by atoms with E-state index in [4.69, 9.17) is 22.1 Å². The van der Waals surface area contributed by atoms with Gasteiger partial charge in [0, 0.05) is 10.7 Å². The smallest absolute Gasteiger partial charge is 0.312 e. The molecule has 2 aromatic carbocycles. The zero-order valence-corrected chi connectivity index (χ0v) is 15.7. The van der Waals surface area contributed by atoms with Gasteiger partial charge in [-0.2, -0.15) is 0 Å². The van der Waals surface area contributed by atoms with Gasteiger partial charge < -0.3 is 21.1 Å². The number of halogens is 2. The molecular formula is C19H19ClFN3O4. The number of anilines is 1. The number of nitrogens with one attached hydrogen (secondary N) is 2. The average Bonchev–Trinajstić information content (AvgIpc) is 2.63. The zero-order valence-electron chi connectivity index (χ0n) is 14.9. The van der Waals surface area contributed by atoms with Crippen LogP contribution in [0.3, 0.4) is 0 Å². The Morgan fingerprint density at radius 1 is 1.11 bits per heavy atom. The molecule has 9 heteroatoms. The molecule has 28 heavy (non-hydrogen) atoms. The van der Waals surface area contributed by atoms with Crippen molar-refractivity contribution in [3.8, 4) is 0 Å². The van der Waals surface area contributed by atoms with E-state index in [9.17, 15) is 18.8 Å². The van der Waals surface area contributed by atoms with Crippen molar-refractivity contribution in [2.24, 2.45) is 5.73 Å². The Morgan fingerprint density at radius 2 is 1.71 bits per heavy atom. The van der Waals surface area contributed by atoms with Gasteiger partial charge in [-0.25, -0.2) is 9.18 Å². The molecule has 3 amide bonds. The highest BCUT2D eigenvalue weighted by atomic mass is 35.5. The topological polar surface area (TPSA) is 111 Å². The largest absolute Gasteiger partial charge is 0.452 e. The fourth-order valence-corrected chi connectivity index (χ4v) is 2.49. The minimum atomic E-state index is -1.10. The second kappa shape index (κ2) is 9.70. The number of ether oxygens (including phenoxy) is 1. The molecule has 0 aliphatic carbocycles. The number of amides is 3. The minimum absolute atomic E-state index is 0.237. The summed E-state index contributed by atoms with van der Waals surface area (Å²) in [6.45, 7) is 1.40. The number of nitrogens with two attached hydrogens (primary N) is 1. The monoisotopic (exact) mass is 407 g/mol. The van der Waals surface area contributed by atoms with Crippen LogP contribution < -0.4 is 16.4 Å². The summed E-state index contributed by atoms with van der Waals surface area (Å²) in [6, 6.07) is 10.1. The summed E-state index contributed by atoms with van der Waals surface area (Å²) in [4.78, 5) is 35.6. The summed E-state index contributed by atoms with van der Waals surface area (Å²) in [5.74, 6) is -1.73. The van der Waals surface area contributed by atoms with Crippen LogP contribution in [-0.4, -0.2) is 24.0 Å². The molecule has 0 aliphatic heterocycles. The van der Waals surface area contributed by atoms with Gasteiger partial charge in [-0.05, 0) is 48.9 Å². The first-order valence-corrected chi connectivity index (χ1v) is 8.69. The van der Waals surface area contributed by atoms with Crippen molar-refractivity contribution in [2.45, 2.75) is 25.5 Å². The van der Waals surface area contributed by atoms with Crippen molar-refractivity contribution >= 4 is 35.2 Å². The van der Waals surface area contributed by atoms with Gasteiger partial charge in [-0.1, -0.05) is 23.7 Å². The molecule has 0 heterocycles. The standard InChI is InChI=1S/C19H19ClFN3O4/c1-11(18(26)23-15-8-6-14(21)7-9-15)28-17(25)10-16(24-19(22)27)12-2-4-13(20)5-3-12/h2-9,11,16H,10H2,1H3,(H,23,26)(H3,22,24,27)/t11-,16-/m1/s1. The molecule has 2 rings (SSSR count). The van der Waals surface area contributed by atoms with E-state index in [0.29, 0.717) is 16.3 Å². The number of carbonyl (C=O) groups excluding carboxylic acids is 3. The lowest BCUT2D eigenvalue weighted by atomic mass is 10.0. The first-order valence-electron chi connectivity index (χ1n) is 8.32. The van der Waals surface area contributed by atoms with E-state index >= 15 is 0 Å². The van der Waals surface area contributed by atoms with Crippen molar-refractivity contribution in [3.63, 3.8) is 0 Å². The number of esters is 1. The van der Waals surface area contributed by atoms with Crippen molar-refractivity contribution in [2.75, 3.05) is 5.32 Å². The van der Waals surface area contributed by atoms with Crippen LogP contribution in [0.1, 0.15) is 24.9 Å². The summed E-state index contributed by atoms with van der Waals surface area (Å²) >= 11 is 5.84. The van der Waals surface area contributed by atoms with Crippen LogP contribution in [-0.2, 0) is 14.3 Å². The van der Waals surface area contributed by atoms with Gasteiger partial charge in [0.05, 0.1) is 12.5 Å². The fraction of sp³-hybridized carbons (Fsp3) is 0.211. The number of benzene rings is 2. The van der Waals surface area contributed by atoms with Crippen LogP contribution in [0, 0.1) is 5.82 Å². The summed E-state index contributed by atoms with van der Waals surface area (Å²) in [6.07, 6.45) is -1.34. The van der Waals surface area contributed by atoms with Crippen molar-refractivity contribution in [1.82, 2.24) is 5.32 Å². The van der Waals surface area contributed by atoms with Crippen molar-refractivity contribution in [1.29, 1.82) is 0 Å². The number of hydrogen-bond donors (Lipinski definition) is 3. The van der Waals surface area contributed by atoms with Crippen molar-refractivity contribution < 1.29 is 23.5 Å². The van der Waals surface area contributed by atoms with Gasteiger partial charge in [0.25, 0.3) is 5.91 Å². The summed E-state index contributed by atoms with van der Waals surface area (Å²) in [5, 5.41) is 5.46. The van der Waals surface area contributed by atoms with E-state index in [-0.39, 0.29) is 6.42 Å². The highest BCUT2D eigenvalue weighted by Gasteiger charge is 2.23. The average molecular weight is 408 g/mol. The molecule has 148 valence electrons. The second-order valence-corrected chi connectivity index (χ2v) is 6.38. The Bertz CT molecular complexity index is 843. The molecule has 0 bridgehead atoms. The molecule has 0 aromatic heterocycles. The van der Waals surface area contributed by atoms with Crippen molar-refractivity contribution in [3.05, 3.63) is 64.9 Å². The first kappa shape index (κ1) is 21.2. The SMILES string of the molecule is C[C@@H](OC(=O)C[C@@H](NC(N)=O)c1ccc(Cl)cc1)C(=O)Nc1ccc(F)cc1. The van der Waals surface area contributed by atoms with Crippen LogP contribution >= 0.6 is 11.6 Å². The Labute approximate surface area is 166 Å². The molecular weight excluding hydrogens is 389 g/mol. The number of rotatable bonds is 7. The molecule has 0 saturated heterocycles. The minimum Gasteiger partial charge on any atom is -0.452 e. The molecule has 0 aliphatic rings. The van der Waals surface area contributed by atoms with Gasteiger partial charge in [-0.3, -0.25) is 9.59 Å². The Kier molecular flexibility index (Phi) is 7.34. The lowest BCUT2D eigenvalue weighted by Gasteiger charge is -2.19. The first-order chi connectivity index (χ1) is 13.2. The Hall–Kier alpha value is -3.13. The van der Waals surface area contributed by atoms with E-state index in [1.165, 1.54) is 31.2 Å². The van der Waals surface area contributed by atoms with E-state index in [1.807, 2.05) is 0 Å². The van der Waals surface area contributed by atoms with Gasteiger partial charge in [-0.15, -0.1) is 0 Å². The molecule has 2 aromatic rings. The number of primary amides is 1. The maximum absolute atomic E-state index is 12.9. The van der Waals surface area contributed by atoms with Gasteiger partial charge in [0.1, 0.15) is 5.82 Å². The highest BCUT2D eigenvalue weighted by Crippen LogP contribution is 2.20. The van der Waals surface area contributed by atoms with E-state index in [1.54, 1.807) is 24.3 Å². The third kappa shape index (κ3) is 6.55. The molecule has 0 radical (unpaired) electrons. The van der Waals surface area contributed by atoms with E-state index in [2.05, 4.69) is 10.6 Å². The van der Waals surface area contributed by atoms with Gasteiger partial charge >= 0.3 is 12.0 Å². The molecule has 4 N–H and O–H groups in total. The normalized spacial score (nSPS) is 12.5. The maximum Gasteiger partial charge on any atom is 0.312 e. The molecule has 7 nitrogen and oxygen atoms in total. The Balaban J connectivity index is 1.96. The molecule has 0 saturated carbocycles. The van der Waals surface area contributed by atoms with Crippen LogP contribution in [0.4, 0.5) is 14.9 Å². The summed E-state index contributed by atoms with van der Waals surface area (Å²) in [5.41, 5.74) is 6.13. The highest BCUT2D eigenvalue weighted by molar-refractivity contribution is 6.30. The van der Waals surface area contributed by atoms with Gasteiger partial charge in [0.15, 0.2) is 6.10 Å². The Morgan fingerprint density at radius 3 is 2.29 bits per heavy atom. The summed E-state index contributed by atoms with van der Waals surface area (Å²) < 4.78 is 18.0. The third-order valence-corrected chi connectivity index (χ3v) is 4.00. The molecule has 0 fully saturated rings. The predicted octanol–water partition coefficient (Wildman–Crippen LogP) is 3.15. The van der Waals surface area contributed by atoms with E-state index in [0.717, 1.165) is 0 Å². The second-order valence-electron chi connectivity index (χ2n) is 5.95. The van der Waals surface area contributed by atoms with Gasteiger partial charge in [0.2, 0.25) is 0 Å². The van der Waals surface area contributed by atoms with Crippen LogP contribution in [0.5, 0.6) is 0 Å². The predicted molar refractivity (Wildman–Crippen MR) is 102 cm³/mol. The lowest BCUT2D eigenvalue weighted by Crippen LogP contribution is -2.36. The fourth-order valence-electron chi connectivity index (χ4n) is 2.36. The van der Waals surface area contributed by atoms with Crippen LogP contribution in [0.15, 0.2) is 48.5 Å². The molecule has 0 unspecified atom stereocenters. The molecule has 2 atom stereocenters. The zero-order chi connectivity index (χ0) is 20.7. The third-order valence-electron chi connectivity index (χ3n) is 3.75.